The first-order valence-electron chi connectivity index (χ1n) is 9.31. The number of aromatic nitrogens is 2. The van der Waals surface area contributed by atoms with E-state index in [0.717, 1.165) is 33.6 Å². The summed E-state index contributed by atoms with van der Waals surface area (Å²) in [6.45, 7) is 0.755. The quantitative estimate of drug-likeness (QED) is 0.357. The van der Waals surface area contributed by atoms with E-state index >= 15 is 0 Å². The zero-order chi connectivity index (χ0) is 20.1. The Bertz CT molecular complexity index is 1050. The third-order valence-electron chi connectivity index (χ3n) is 4.59. The van der Waals surface area contributed by atoms with Crippen LogP contribution in [0.3, 0.4) is 0 Å². The number of rotatable bonds is 7. The Kier molecular flexibility index (Phi) is 6.39. The molecular weight excluding hydrogens is 450 g/mol. The smallest absolute Gasteiger partial charge is 0.247 e. The lowest BCUT2D eigenvalue weighted by molar-refractivity contribution is 0.440. The molecule has 4 aromatic rings. The van der Waals surface area contributed by atoms with Gasteiger partial charge in [0.1, 0.15) is 6.04 Å². The topological polar surface area (TPSA) is 51.0 Å². The number of hydrogen-bond donors (Lipinski definition) is 1. The predicted molar refractivity (Wildman–Crippen MR) is 119 cm³/mol. The molecule has 1 heterocycles. The zero-order valence-electron chi connectivity index (χ0n) is 15.6. The molecule has 0 saturated carbocycles. The molecular formula is C23H19BrClN3O. The second kappa shape index (κ2) is 9.35. The molecule has 0 aliphatic rings. The molecule has 29 heavy (non-hydrogen) atoms. The van der Waals surface area contributed by atoms with E-state index in [9.17, 15) is 0 Å². The Morgan fingerprint density at radius 2 is 1.62 bits per heavy atom. The van der Waals surface area contributed by atoms with E-state index in [4.69, 9.17) is 16.0 Å². The SMILES string of the molecule is Clc1ccc(CCNC(c2ccc(Br)cc2)c2nnc(-c3ccccc3)o2)cc1. The number of nitrogens with one attached hydrogen (secondary N) is 1. The highest BCUT2D eigenvalue weighted by Gasteiger charge is 2.21. The van der Waals surface area contributed by atoms with Gasteiger partial charge in [-0.2, -0.15) is 0 Å². The number of nitrogens with zero attached hydrogens (tertiary/aromatic N) is 2. The molecule has 6 heteroatoms. The van der Waals surface area contributed by atoms with Crippen LogP contribution in [0.25, 0.3) is 11.5 Å². The molecule has 0 amide bonds. The standard InChI is InChI=1S/C23H19BrClN3O/c24-19-10-8-17(9-11-19)21(26-15-14-16-6-12-20(25)13-7-16)23-28-27-22(29-23)18-4-2-1-3-5-18/h1-13,21,26H,14-15H2. The van der Waals surface area contributed by atoms with E-state index < -0.39 is 0 Å². The van der Waals surface area contributed by atoms with E-state index in [1.807, 2.05) is 66.7 Å². The van der Waals surface area contributed by atoms with Crippen molar-refractivity contribution in [1.29, 1.82) is 0 Å². The molecule has 1 N–H and O–H groups in total. The van der Waals surface area contributed by atoms with Crippen LogP contribution in [0, 0.1) is 0 Å². The fourth-order valence-corrected chi connectivity index (χ4v) is 3.45. The van der Waals surface area contributed by atoms with Gasteiger partial charge in [0.25, 0.3) is 0 Å². The van der Waals surface area contributed by atoms with Gasteiger partial charge < -0.3 is 9.73 Å². The predicted octanol–water partition coefficient (Wildman–Crippen LogP) is 6.07. The van der Waals surface area contributed by atoms with Crippen LogP contribution in [0.5, 0.6) is 0 Å². The summed E-state index contributed by atoms with van der Waals surface area (Å²) in [6, 6.07) is 25.6. The van der Waals surface area contributed by atoms with Crippen molar-refractivity contribution in [1.82, 2.24) is 15.5 Å². The minimum absolute atomic E-state index is 0.194. The highest BCUT2D eigenvalue weighted by Crippen LogP contribution is 2.26. The van der Waals surface area contributed by atoms with Crippen LogP contribution in [0.2, 0.25) is 5.02 Å². The molecule has 0 aliphatic heterocycles. The zero-order valence-corrected chi connectivity index (χ0v) is 17.9. The van der Waals surface area contributed by atoms with Gasteiger partial charge >= 0.3 is 0 Å². The lowest BCUT2D eigenvalue weighted by Crippen LogP contribution is -2.25. The summed E-state index contributed by atoms with van der Waals surface area (Å²) in [7, 11) is 0. The minimum Gasteiger partial charge on any atom is -0.419 e. The summed E-state index contributed by atoms with van der Waals surface area (Å²) in [5, 5.41) is 12.9. The van der Waals surface area contributed by atoms with E-state index in [-0.39, 0.29) is 6.04 Å². The van der Waals surface area contributed by atoms with Crippen LogP contribution < -0.4 is 5.32 Å². The molecule has 0 fully saturated rings. The first kappa shape index (κ1) is 19.8. The second-order valence-corrected chi connectivity index (χ2v) is 7.98. The minimum atomic E-state index is -0.194. The molecule has 3 aromatic carbocycles. The van der Waals surface area contributed by atoms with Gasteiger partial charge in [0.15, 0.2) is 0 Å². The molecule has 146 valence electrons. The maximum atomic E-state index is 6.02. The summed E-state index contributed by atoms with van der Waals surface area (Å²) in [4.78, 5) is 0. The van der Waals surface area contributed by atoms with Gasteiger partial charge in [0.2, 0.25) is 11.8 Å². The Labute approximate surface area is 183 Å². The van der Waals surface area contributed by atoms with Gasteiger partial charge in [-0.25, -0.2) is 0 Å². The van der Waals surface area contributed by atoms with Gasteiger partial charge in [0.05, 0.1) is 0 Å². The van der Waals surface area contributed by atoms with Crippen LogP contribution in [0.15, 0.2) is 87.8 Å². The fourth-order valence-electron chi connectivity index (χ4n) is 3.06. The monoisotopic (exact) mass is 467 g/mol. The van der Waals surface area contributed by atoms with Crippen molar-refractivity contribution in [3.05, 3.63) is 105 Å². The third-order valence-corrected chi connectivity index (χ3v) is 5.37. The molecule has 0 aliphatic carbocycles. The molecule has 0 saturated heterocycles. The fraction of sp³-hybridized carbons (Fsp3) is 0.130. The number of benzene rings is 3. The summed E-state index contributed by atoms with van der Waals surface area (Å²) < 4.78 is 7.05. The van der Waals surface area contributed by atoms with Gasteiger partial charge in [-0.3, -0.25) is 0 Å². The molecule has 0 radical (unpaired) electrons. The Hall–Kier alpha value is -2.47. The van der Waals surface area contributed by atoms with E-state index in [0.29, 0.717) is 11.8 Å². The van der Waals surface area contributed by atoms with E-state index in [2.05, 4.69) is 43.6 Å². The second-order valence-electron chi connectivity index (χ2n) is 6.63. The van der Waals surface area contributed by atoms with E-state index in [1.165, 1.54) is 5.56 Å². The van der Waals surface area contributed by atoms with Crippen molar-refractivity contribution < 1.29 is 4.42 Å². The average Bonchev–Trinajstić information content (AvgIpc) is 3.24. The Morgan fingerprint density at radius 1 is 0.897 bits per heavy atom. The normalized spacial score (nSPS) is 12.1. The van der Waals surface area contributed by atoms with Crippen LogP contribution in [-0.4, -0.2) is 16.7 Å². The Balaban J connectivity index is 1.54. The van der Waals surface area contributed by atoms with Crippen molar-refractivity contribution in [3.8, 4) is 11.5 Å². The average molecular weight is 469 g/mol. The maximum absolute atomic E-state index is 6.02. The van der Waals surface area contributed by atoms with Crippen molar-refractivity contribution in [2.45, 2.75) is 12.5 Å². The molecule has 0 bridgehead atoms. The first-order chi connectivity index (χ1) is 14.2. The van der Waals surface area contributed by atoms with Crippen molar-refractivity contribution in [3.63, 3.8) is 0 Å². The molecule has 0 spiro atoms. The van der Waals surface area contributed by atoms with E-state index in [1.54, 1.807) is 0 Å². The lowest BCUT2D eigenvalue weighted by atomic mass is 10.1. The summed E-state index contributed by atoms with van der Waals surface area (Å²) in [5.41, 5.74) is 3.18. The molecule has 4 rings (SSSR count). The highest BCUT2D eigenvalue weighted by molar-refractivity contribution is 9.10. The van der Waals surface area contributed by atoms with Crippen LogP contribution in [-0.2, 0) is 6.42 Å². The highest BCUT2D eigenvalue weighted by atomic mass is 79.9. The summed E-state index contributed by atoms with van der Waals surface area (Å²) in [5.74, 6) is 1.06. The van der Waals surface area contributed by atoms with Crippen LogP contribution in [0.4, 0.5) is 0 Å². The Morgan fingerprint density at radius 3 is 2.34 bits per heavy atom. The van der Waals surface area contributed by atoms with Crippen molar-refractivity contribution in [2.75, 3.05) is 6.54 Å². The van der Waals surface area contributed by atoms with Gasteiger partial charge in [0, 0.05) is 21.6 Å². The van der Waals surface area contributed by atoms with Gasteiger partial charge in [-0.15, -0.1) is 10.2 Å². The molecule has 1 atom stereocenters. The number of halogens is 2. The van der Waals surface area contributed by atoms with Crippen LogP contribution in [0.1, 0.15) is 23.1 Å². The van der Waals surface area contributed by atoms with Crippen molar-refractivity contribution in [2.24, 2.45) is 0 Å². The molecule has 1 unspecified atom stereocenters. The number of hydrogen-bond acceptors (Lipinski definition) is 4. The largest absolute Gasteiger partial charge is 0.419 e. The third kappa shape index (κ3) is 5.12. The summed E-state index contributed by atoms with van der Waals surface area (Å²) in [6.07, 6.45) is 0.865. The van der Waals surface area contributed by atoms with Gasteiger partial charge in [-0.05, 0) is 53.9 Å². The lowest BCUT2D eigenvalue weighted by Gasteiger charge is -2.16. The van der Waals surface area contributed by atoms with Crippen molar-refractivity contribution >= 4 is 27.5 Å². The van der Waals surface area contributed by atoms with Crippen LogP contribution >= 0.6 is 27.5 Å². The summed E-state index contributed by atoms with van der Waals surface area (Å²) >= 11 is 9.47. The molecule has 1 aromatic heterocycles. The maximum Gasteiger partial charge on any atom is 0.247 e. The van der Waals surface area contributed by atoms with Gasteiger partial charge in [-0.1, -0.05) is 70.0 Å². The first-order valence-corrected chi connectivity index (χ1v) is 10.5. The molecule has 4 nitrogen and oxygen atoms in total.